The number of aromatic nitrogens is 3. The topological polar surface area (TPSA) is 56.2 Å². The third-order valence-corrected chi connectivity index (χ3v) is 1.70. The highest BCUT2D eigenvalue weighted by Gasteiger charge is 2.02. The third kappa shape index (κ3) is 1.58. The van der Waals surface area contributed by atoms with Crippen molar-refractivity contribution in [2.75, 3.05) is 5.73 Å². The van der Waals surface area contributed by atoms with Gasteiger partial charge in [-0.3, -0.25) is 0 Å². The van der Waals surface area contributed by atoms with Crippen LogP contribution in [0, 0.1) is 13.8 Å². The van der Waals surface area contributed by atoms with Gasteiger partial charge in [0.1, 0.15) is 5.82 Å². The summed E-state index contributed by atoms with van der Waals surface area (Å²) in [5.41, 5.74) is 8.39. The minimum absolute atomic E-state index is 0. The Hall–Kier alpha value is -1.29. The number of rotatable bonds is 0. The molecule has 2 aromatic heterocycles. The molecule has 70 valence electrons. The van der Waals surface area contributed by atoms with E-state index in [-0.39, 0.29) is 12.4 Å². The van der Waals surface area contributed by atoms with Gasteiger partial charge in [0.15, 0.2) is 5.65 Å². The largest absolute Gasteiger partial charge is 0.384 e. The van der Waals surface area contributed by atoms with E-state index in [9.17, 15) is 0 Å². The Kier molecular flexibility index (Phi) is 2.43. The van der Waals surface area contributed by atoms with Crippen molar-refractivity contribution in [3.63, 3.8) is 0 Å². The first-order valence-corrected chi connectivity index (χ1v) is 3.76. The lowest BCUT2D eigenvalue weighted by atomic mass is 10.4. The molecular weight excluding hydrogens is 188 g/mol. The van der Waals surface area contributed by atoms with Gasteiger partial charge in [0.05, 0.1) is 5.69 Å². The fraction of sp³-hybridized carbons (Fsp3) is 0.250. The molecule has 13 heavy (non-hydrogen) atoms. The van der Waals surface area contributed by atoms with E-state index in [1.165, 1.54) is 0 Å². The first kappa shape index (κ1) is 9.80. The van der Waals surface area contributed by atoms with Crippen molar-refractivity contribution in [2.24, 2.45) is 0 Å². The van der Waals surface area contributed by atoms with Gasteiger partial charge in [-0.1, -0.05) is 0 Å². The average molecular weight is 199 g/mol. The first-order chi connectivity index (χ1) is 5.66. The number of hydrogen-bond donors (Lipinski definition) is 1. The van der Waals surface area contributed by atoms with E-state index < -0.39 is 0 Å². The molecule has 0 aliphatic heterocycles. The fourth-order valence-electron chi connectivity index (χ4n) is 1.24. The lowest BCUT2D eigenvalue weighted by Crippen LogP contribution is -2.00. The number of aryl methyl sites for hydroxylation is 2. The van der Waals surface area contributed by atoms with E-state index >= 15 is 0 Å². The molecular formula is C8H11ClN4. The normalized spacial score (nSPS) is 10.0. The van der Waals surface area contributed by atoms with Crippen molar-refractivity contribution < 1.29 is 0 Å². The van der Waals surface area contributed by atoms with Gasteiger partial charge in [-0.2, -0.15) is 9.61 Å². The molecule has 0 amide bonds. The molecule has 0 radical (unpaired) electrons. The predicted octanol–water partition coefficient (Wildman–Crippen LogP) is 1.35. The van der Waals surface area contributed by atoms with Crippen molar-refractivity contribution in [3.8, 4) is 0 Å². The number of hydrogen-bond acceptors (Lipinski definition) is 3. The van der Waals surface area contributed by atoms with Crippen LogP contribution in [0.2, 0.25) is 0 Å². The van der Waals surface area contributed by atoms with Gasteiger partial charge in [0.2, 0.25) is 0 Å². The summed E-state index contributed by atoms with van der Waals surface area (Å²) in [4.78, 5) is 4.28. The quantitative estimate of drug-likeness (QED) is 0.695. The van der Waals surface area contributed by atoms with Crippen LogP contribution in [-0.2, 0) is 0 Å². The SMILES string of the molecule is Cc1cc(N)n2nc(C)cc2n1.Cl. The second kappa shape index (κ2) is 3.22. The molecule has 0 atom stereocenters. The van der Waals surface area contributed by atoms with Crippen molar-refractivity contribution in [2.45, 2.75) is 13.8 Å². The Labute approximate surface area is 82.2 Å². The van der Waals surface area contributed by atoms with Crippen molar-refractivity contribution >= 4 is 23.9 Å². The van der Waals surface area contributed by atoms with Gasteiger partial charge in [0, 0.05) is 17.8 Å². The summed E-state index contributed by atoms with van der Waals surface area (Å²) in [6.45, 7) is 3.84. The lowest BCUT2D eigenvalue weighted by molar-refractivity contribution is 0.921. The molecule has 0 fully saturated rings. The highest BCUT2D eigenvalue weighted by Crippen LogP contribution is 2.09. The molecule has 0 aliphatic carbocycles. The molecule has 2 aromatic rings. The summed E-state index contributed by atoms with van der Waals surface area (Å²) in [6, 6.07) is 3.71. The second-order valence-corrected chi connectivity index (χ2v) is 2.88. The number of nitrogens with two attached hydrogens (primary N) is 1. The third-order valence-electron chi connectivity index (χ3n) is 1.70. The maximum absolute atomic E-state index is 5.73. The number of nitrogen functional groups attached to an aromatic ring is 1. The van der Waals surface area contributed by atoms with Crippen molar-refractivity contribution in [3.05, 3.63) is 23.5 Å². The molecule has 0 aliphatic rings. The Bertz CT molecular complexity index is 435. The molecule has 0 spiro atoms. The smallest absolute Gasteiger partial charge is 0.157 e. The van der Waals surface area contributed by atoms with Gasteiger partial charge in [-0.15, -0.1) is 12.4 Å². The Morgan fingerprint density at radius 2 is 1.92 bits per heavy atom. The standard InChI is InChI=1S/C8H10N4.ClH/c1-5-3-7(9)12-8(10-5)4-6(2)11-12;/h3-4H,9H2,1-2H3;1H. The van der Waals surface area contributed by atoms with Crippen molar-refractivity contribution in [1.29, 1.82) is 0 Å². The molecule has 0 bridgehead atoms. The van der Waals surface area contributed by atoms with Gasteiger partial charge in [-0.25, -0.2) is 4.98 Å². The van der Waals surface area contributed by atoms with E-state index in [2.05, 4.69) is 10.1 Å². The predicted molar refractivity (Wildman–Crippen MR) is 54.1 cm³/mol. The van der Waals surface area contributed by atoms with Crippen LogP contribution in [0.4, 0.5) is 5.82 Å². The monoisotopic (exact) mass is 198 g/mol. The van der Waals surface area contributed by atoms with Gasteiger partial charge < -0.3 is 5.73 Å². The van der Waals surface area contributed by atoms with Crippen LogP contribution in [0.3, 0.4) is 0 Å². The maximum Gasteiger partial charge on any atom is 0.157 e. The minimum Gasteiger partial charge on any atom is -0.384 e. The maximum atomic E-state index is 5.73. The van der Waals surface area contributed by atoms with Crippen LogP contribution in [0.15, 0.2) is 12.1 Å². The molecule has 5 heteroatoms. The van der Waals surface area contributed by atoms with Crippen LogP contribution in [0.1, 0.15) is 11.4 Å². The second-order valence-electron chi connectivity index (χ2n) is 2.88. The highest BCUT2D eigenvalue weighted by atomic mass is 35.5. The Morgan fingerprint density at radius 3 is 2.62 bits per heavy atom. The van der Waals surface area contributed by atoms with E-state index in [0.717, 1.165) is 17.0 Å². The first-order valence-electron chi connectivity index (χ1n) is 3.76. The van der Waals surface area contributed by atoms with Gasteiger partial charge in [0.25, 0.3) is 0 Å². The molecule has 0 aromatic carbocycles. The molecule has 2 heterocycles. The Balaban J connectivity index is 0.000000845. The zero-order valence-corrected chi connectivity index (χ0v) is 8.30. The van der Waals surface area contributed by atoms with Gasteiger partial charge in [-0.05, 0) is 13.8 Å². The molecule has 0 unspecified atom stereocenters. The van der Waals surface area contributed by atoms with E-state index in [1.54, 1.807) is 10.6 Å². The fourth-order valence-corrected chi connectivity index (χ4v) is 1.24. The number of anilines is 1. The molecule has 2 rings (SSSR count). The summed E-state index contributed by atoms with van der Waals surface area (Å²) in [7, 11) is 0. The molecule has 2 N–H and O–H groups in total. The summed E-state index contributed by atoms with van der Waals surface area (Å²) >= 11 is 0. The van der Waals surface area contributed by atoms with Crippen LogP contribution < -0.4 is 5.73 Å². The van der Waals surface area contributed by atoms with E-state index in [4.69, 9.17) is 5.73 Å². The van der Waals surface area contributed by atoms with Crippen LogP contribution in [-0.4, -0.2) is 14.6 Å². The van der Waals surface area contributed by atoms with Crippen molar-refractivity contribution in [1.82, 2.24) is 14.6 Å². The average Bonchev–Trinajstić information content (AvgIpc) is 2.29. The molecule has 0 saturated carbocycles. The zero-order chi connectivity index (χ0) is 8.72. The number of halogens is 1. The summed E-state index contributed by atoms with van der Waals surface area (Å²) in [5, 5.41) is 4.18. The summed E-state index contributed by atoms with van der Waals surface area (Å²) in [6.07, 6.45) is 0. The number of fused-ring (bicyclic) bond motifs is 1. The lowest BCUT2D eigenvalue weighted by Gasteiger charge is -1.98. The molecule has 0 saturated heterocycles. The highest BCUT2D eigenvalue weighted by molar-refractivity contribution is 5.85. The van der Waals surface area contributed by atoms with Crippen LogP contribution in [0.25, 0.3) is 5.65 Å². The van der Waals surface area contributed by atoms with Crippen LogP contribution in [0.5, 0.6) is 0 Å². The van der Waals surface area contributed by atoms with E-state index in [1.807, 2.05) is 19.9 Å². The minimum atomic E-state index is 0. The number of nitrogens with zero attached hydrogens (tertiary/aromatic N) is 3. The Morgan fingerprint density at radius 1 is 1.23 bits per heavy atom. The molecule has 4 nitrogen and oxygen atoms in total. The van der Waals surface area contributed by atoms with Crippen LogP contribution >= 0.6 is 12.4 Å². The van der Waals surface area contributed by atoms with E-state index in [0.29, 0.717) is 5.82 Å². The van der Waals surface area contributed by atoms with Gasteiger partial charge >= 0.3 is 0 Å². The summed E-state index contributed by atoms with van der Waals surface area (Å²) in [5.74, 6) is 0.630. The summed E-state index contributed by atoms with van der Waals surface area (Å²) < 4.78 is 1.64. The zero-order valence-electron chi connectivity index (χ0n) is 7.48.